The second kappa shape index (κ2) is 7.51. The molecule has 2 aromatic rings. The third kappa shape index (κ3) is 3.78. The van der Waals surface area contributed by atoms with Crippen LogP contribution >= 0.6 is 0 Å². The molecular weight excluding hydrogens is 302 g/mol. The van der Waals surface area contributed by atoms with Gasteiger partial charge in [0, 0.05) is 19.2 Å². The van der Waals surface area contributed by atoms with Crippen molar-refractivity contribution >= 4 is 6.03 Å². The predicted molar refractivity (Wildman–Crippen MR) is 92.8 cm³/mol. The molecule has 0 spiro atoms. The predicted octanol–water partition coefficient (Wildman–Crippen LogP) is 3.89. The maximum atomic E-state index is 12.5. The summed E-state index contributed by atoms with van der Waals surface area (Å²) in [6.07, 6.45) is 2.76. The summed E-state index contributed by atoms with van der Waals surface area (Å²) in [5.74, 6) is 1.13. The summed E-state index contributed by atoms with van der Waals surface area (Å²) in [6.45, 7) is 5.58. The van der Waals surface area contributed by atoms with Crippen LogP contribution in [-0.4, -0.2) is 29.2 Å². The van der Waals surface area contributed by atoms with E-state index in [0.717, 1.165) is 37.3 Å². The molecule has 0 unspecified atom stereocenters. The molecular formula is C19H25N3O2. The summed E-state index contributed by atoms with van der Waals surface area (Å²) < 4.78 is 5.49. The number of aromatic nitrogens is 1. The standard InChI is InChI=1S/C19H25N3O2/c1-14(2)16-13-18(24-21-16)17-9-6-12-22(17)19(23)20-11-10-15-7-4-3-5-8-15/h3-5,7-8,13-14,17H,6,9-12H2,1-2H3,(H,20,23)/t17-/m1/s1. The molecule has 1 atom stereocenters. The van der Waals surface area contributed by atoms with E-state index >= 15 is 0 Å². The van der Waals surface area contributed by atoms with Gasteiger partial charge in [-0.3, -0.25) is 0 Å². The van der Waals surface area contributed by atoms with Crippen molar-refractivity contribution in [1.29, 1.82) is 0 Å². The summed E-state index contributed by atoms with van der Waals surface area (Å²) in [6, 6.07) is 12.2. The summed E-state index contributed by atoms with van der Waals surface area (Å²) in [5, 5.41) is 7.15. The highest BCUT2D eigenvalue weighted by Crippen LogP contribution is 2.33. The second-order valence-electron chi connectivity index (χ2n) is 6.63. The topological polar surface area (TPSA) is 58.4 Å². The van der Waals surface area contributed by atoms with Crippen molar-refractivity contribution in [1.82, 2.24) is 15.4 Å². The van der Waals surface area contributed by atoms with Gasteiger partial charge in [-0.15, -0.1) is 0 Å². The molecule has 0 saturated carbocycles. The molecule has 24 heavy (non-hydrogen) atoms. The van der Waals surface area contributed by atoms with E-state index in [2.05, 4.69) is 36.5 Å². The van der Waals surface area contributed by atoms with Crippen molar-refractivity contribution < 1.29 is 9.32 Å². The van der Waals surface area contributed by atoms with Gasteiger partial charge in [0.15, 0.2) is 5.76 Å². The van der Waals surface area contributed by atoms with E-state index in [-0.39, 0.29) is 12.1 Å². The maximum absolute atomic E-state index is 12.5. The summed E-state index contributed by atoms with van der Waals surface area (Å²) >= 11 is 0. The van der Waals surface area contributed by atoms with Gasteiger partial charge in [0.1, 0.15) is 0 Å². The second-order valence-corrected chi connectivity index (χ2v) is 6.63. The van der Waals surface area contributed by atoms with Crippen LogP contribution in [0.1, 0.15) is 55.7 Å². The Bertz CT molecular complexity index is 666. The van der Waals surface area contributed by atoms with Gasteiger partial charge in [-0.05, 0) is 30.7 Å². The number of benzene rings is 1. The zero-order valence-corrected chi connectivity index (χ0v) is 14.4. The van der Waals surface area contributed by atoms with Crippen LogP contribution in [0.25, 0.3) is 0 Å². The third-order valence-corrected chi connectivity index (χ3v) is 4.51. The smallest absolute Gasteiger partial charge is 0.318 e. The van der Waals surface area contributed by atoms with Crippen LogP contribution in [0.3, 0.4) is 0 Å². The average Bonchev–Trinajstić information content (AvgIpc) is 3.24. The average molecular weight is 327 g/mol. The van der Waals surface area contributed by atoms with Crippen LogP contribution in [0, 0.1) is 0 Å². The van der Waals surface area contributed by atoms with Crippen molar-refractivity contribution in [3.05, 3.63) is 53.4 Å². The van der Waals surface area contributed by atoms with Crippen molar-refractivity contribution in [3.8, 4) is 0 Å². The van der Waals surface area contributed by atoms with E-state index in [9.17, 15) is 4.79 Å². The van der Waals surface area contributed by atoms with Crippen molar-refractivity contribution in [2.75, 3.05) is 13.1 Å². The Morgan fingerprint density at radius 2 is 2.17 bits per heavy atom. The summed E-state index contributed by atoms with van der Waals surface area (Å²) in [7, 11) is 0. The van der Waals surface area contributed by atoms with Crippen LogP contribution in [0.15, 0.2) is 40.9 Å². The fourth-order valence-corrected chi connectivity index (χ4v) is 3.10. The fourth-order valence-electron chi connectivity index (χ4n) is 3.10. The third-order valence-electron chi connectivity index (χ3n) is 4.51. The van der Waals surface area contributed by atoms with Gasteiger partial charge in [0.25, 0.3) is 0 Å². The van der Waals surface area contributed by atoms with E-state index in [1.807, 2.05) is 29.2 Å². The highest BCUT2D eigenvalue weighted by Gasteiger charge is 2.32. The van der Waals surface area contributed by atoms with Crippen LogP contribution in [0.2, 0.25) is 0 Å². The molecule has 0 radical (unpaired) electrons. The highest BCUT2D eigenvalue weighted by atomic mass is 16.5. The molecule has 0 bridgehead atoms. The number of hydrogen-bond donors (Lipinski definition) is 1. The quantitative estimate of drug-likeness (QED) is 0.906. The van der Waals surface area contributed by atoms with Gasteiger partial charge in [0.05, 0.1) is 11.7 Å². The zero-order valence-electron chi connectivity index (χ0n) is 14.4. The number of likely N-dealkylation sites (tertiary alicyclic amines) is 1. The van der Waals surface area contributed by atoms with Gasteiger partial charge in [-0.2, -0.15) is 0 Å². The minimum atomic E-state index is -0.0177. The SMILES string of the molecule is CC(C)c1cc([C@H]2CCCN2C(=O)NCCc2ccccc2)on1. The molecule has 1 fully saturated rings. The van der Waals surface area contributed by atoms with E-state index in [0.29, 0.717) is 12.5 Å². The lowest BCUT2D eigenvalue weighted by molar-refractivity contribution is 0.182. The van der Waals surface area contributed by atoms with E-state index in [1.54, 1.807) is 0 Å². The zero-order chi connectivity index (χ0) is 16.9. The van der Waals surface area contributed by atoms with Crippen LogP contribution in [0.4, 0.5) is 4.79 Å². The number of nitrogens with zero attached hydrogens (tertiary/aromatic N) is 2. The number of hydrogen-bond acceptors (Lipinski definition) is 3. The molecule has 1 aliphatic rings. The number of urea groups is 1. The van der Waals surface area contributed by atoms with E-state index in [1.165, 1.54) is 5.56 Å². The first-order chi connectivity index (χ1) is 11.6. The summed E-state index contributed by atoms with van der Waals surface area (Å²) in [4.78, 5) is 14.4. The molecule has 1 aromatic carbocycles. The number of carbonyl (C=O) groups excluding carboxylic acids is 1. The van der Waals surface area contributed by atoms with Gasteiger partial charge in [0.2, 0.25) is 0 Å². The number of amides is 2. The minimum absolute atomic E-state index is 0.00160. The Kier molecular flexibility index (Phi) is 5.18. The molecule has 1 aromatic heterocycles. The monoisotopic (exact) mass is 327 g/mol. The first kappa shape index (κ1) is 16.6. The fraction of sp³-hybridized carbons (Fsp3) is 0.474. The van der Waals surface area contributed by atoms with Gasteiger partial charge < -0.3 is 14.7 Å². The molecule has 0 aliphatic carbocycles. The molecule has 5 heteroatoms. The lowest BCUT2D eigenvalue weighted by atomic mass is 10.1. The van der Waals surface area contributed by atoms with Crippen molar-refractivity contribution in [3.63, 3.8) is 0 Å². The molecule has 1 aliphatic heterocycles. The summed E-state index contributed by atoms with van der Waals surface area (Å²) in [5.41, 5.74) is 2.17. The molecule has 2 amide bonds. The van der Waals surface area contributed by atoms with E-state index < -0.39 is 0 Å². The molecule has 5 nitrogen and oxygen atoms in total. The lowest BCUT2D eigenvalue weighted by Crippen LogP contribution is -2.40. The van der Waals surface area contributed by atoms with Gasteiger partial charge >= 0.3 is 6.03 Å². The van der Waals surface area contributed by atoms with Gasteiger partial charge in [-0.25, -0.2) is 4.79 Å². The molecule has 1 N–H and O–H groups in total. The molecule has 2 heterocycles. The Morgan fingerprint density at radius 1 is 1.38 bits per heavy atom. The highest BCUT2D eigenvalue weighted by molar-refractivity contribution is 5.75. The van der Waals surface area contributed by atoms with Crippen molar-refractivity contribution in [2.24, 2.45) is 0 Å². The van der Waals surface area contributed by atoms with Crippen LogP contribution in [-0.2, 0) is 6.42 Å². The lowest BCUT2D eigenvalue weighted by Gasteiger charge is -2.23. The Morgan fingerprint density at radius 3 is 2.88 bits per heavy atom. The van der Waals surface area contributed by atoms with Gasteiger partial charge in [-0.1, -0.05) is 49.3 Å². The number of nitrogens with one attached hydrogen (secondary N) is 1. The number of carbonyl (C=O) groups is 1. The Balaban J connectivity index is 1.57. The molecule has 3 rings (SSSR count). The number of rotatable bonds is 5. The first-order valence-electron chi connectivity index (χ1n) is 8.70. The van der Waals surface area contributed by atoms with Crippen LogP contribution in [0.5, 0.6) is 0 Å². The largest absolute Gasteiger partial charge is 0.359 e. The van der Waals surface area contributed by atoms with Crippen molar-refractivity contribution in [2.45, 2.75) is 45.1 Å². The Hall–Kier alpha value is -2.30. The Labute approximate surface area is 143 Å². The van der Waals surface area contributed by atoms with Crippen LogP contribution < -0.4 is 5.32 Å². The molecule has 1 saturated heterocycles. The molecule has 128 valence electrons. The normalized spacial score (nSPS) is 17.5. The maximum Gasteiger partial charge on any atom is 0.318 e. The minimum Gasteiger partial charge on any atom is -0.359 e. The van der Waals surface area contributed by atoms with E-state index in [4.69, 9.17) is 4.52 Å². The first-order valence-corrected chi connectivity index (χ1v) is 8.70.